The average Bonchev–Trinajstić information content (AvgIpc) is 3.03. The first-order valence-corrected chi connectivity index (χ1v) is 7.56. The normalized spacial score (nSPS) is 12.4. The molecule has 0 aliphatic heterocycles. The molecule has 0 spiro atoms. The van der Waals surface area contributed by atoms with E-state index in [1.165, 1.54) is 12.3 Å². The van der Waals surface area contributed by atoms with Crippen LogP contribution < -0.4 is 10.6 Å². The maximum atomic E-state index is 12.6. The molecule has 0 bridgehead atoms. The van der Waals surface area contributed by atoms with E-state index in [0.717, 1.165) is 17.3 Å². The first-order valence-electron chi connectivity index (χ1n) is 7.56. The molecule has 1 aromatic heterocycles. The Balaban J connectivity index is 0.00000312. The van der Waals surface area contributed by atoms with Crippen LogP contribution in [-0.4, -0.2) is 34.8 Å². The number of carbonyl (C=O) groups excluding carboxylic acids is 1. The zero-order valence-corrected chi connectivity index (χ0v) is 14.6. The standard InChI is InChI=1S/C16H19F3N4O.ClH/c1-3-20-11(2)10-21-15(24)12-5-4-6-13(9-12)23-8-7-14(22-23)16(17,18)19;/h4-9,11,20H,3,10H2,1-2H3,(H,21,24);1H/t11-;/m1./s1. The third kappa shape index (κ3) is 5.75. The third-order valence-electron chi connectivity index (χ3n) is 3.37. The number of aromatic nitrogens is 2. The van der Waals surface area contributed by atoms with Gasteiger partial charge in [0.2, 0.25) is 0 Å². The summed E-state index contributed by atoms with van der Waals surface area (Å²) in [6.45, 7) is 5.17. The molecule has 0 aliphatic carbocycles. The smallest absolute Gasteiger partial charge is 0.350 e. The molecule has 1 heterocycles. The van der Waals surface area contributed by atoms with Gasteiger partial charge in [-0.3, -0.25) is 4.79 Å². The molecule has 2 rings (SSSR count). The largest absolute Gasteiger partial charge is 0.435 e. The average molecular weight is 377 g/mol. The van der Waals surface area contributed by atoms with Gasteiger partial charge in [0, 0.05) is 24.3 Å². The van der Waals surface area contributed by atoms with Crippen molar-refractivity contribution < 1.29 is 18.0 Å². The molecular weight excluding hydrogens is 357 g/mol. The van der Waals surface area contributed by atoms with E-state index in [4.69, 9.17) is 0 Å². The Bertz CT molecular complexity index is 703. The number of hydrogen-bond donors (Lipinski definition) is 2. The zero-order valence-electron chi connectivity index (χ0n) is 13.8. The van der Waals surface area contributed by atoms with E-state index < -0.39 is 11.9 Å². The molecule has 2 N–H and O–H groups in total. The molecule has 0 fully saturated rings. The minimum absolute atomic E-state index is 0. The lowest BCUT2D eigenvalue weighted by Gasteiger charge is -2.13. The SMILES string of the molecule is CCN[C@H](C)CNC(=O)c1cccc(-n2ccc(C(F)(F)F)n2)c1.Cl. The van der Waals surface area contributed by atoms with Crippen molar-refractivity contribution in [1.29, 1.82) is 0 Å². The second-order valence-electron chi connectivity index (χ2n) is 5.36. The van der Waals surface area contributed by atoms with E-state index in [1.807, 2.05) is 13.8 Å². The Labute approximate surface area is 150 Å². The van der Waals surface area contributed by atoms with Crippen molar-refractivity contribution in [3.05, 3.63) is 47.8 Å². The summed E-state index contributed by atoms with van der Waals surface area (Å²) < 4.78 is 39.0. The van der Waals surface area contributed by atoms with E-state index in [1.54, 1.807) is 18.2 Å². The summed E-state index contributed by atoms with van der Waals surface area (Å²) in [6, 6.07) is 7.32. The number of nitrogens with zero attached hydrogens (tertiary/aromatic N) is 2. The first-order chi connectivity index (χ1) is 11.3. The molecule has 1 amide bonds. The van der Waals surface area contributed by atoms with E-state index >= 15 is 0 Å². The number of hydrogen-bond acceptors (Lipinski definition) is 3. The van der Waals surface area contributed by atoms with Gasteiger partial charge < -0.3 is 10.6 Å². The Morgan fingerprint density at radius 3 is 2.64 bits per heavy atom. The van der Waals surface area contributed by atoms with Crippen molar-refractivity contribution >= 4 is 18.3 Å². The van der Waals surface area contributed by atoms with Crippen LogP contribution in [0, 0.1) is 0 Å². The predicted octanol–water partition coefficient (Wildman–Crippen LogP) is 3.04. The number of carbonyl (C=O) groups is 1. The van der Waals surface area contributed by atoms with Crippen LogP contribution in [0.15, 0.2) is 36.5 Å². The molecule has 9 heteroatoms. The summed E-state index contributed by atoms with van der Waals surface area (Å²) in [5, 5.41) is 9.45. The number of alkyl halides is 3. The van der Waals surface area contributed by atoms with Crippen molar-refractivity contribution in [2.24, 2.45) is 0 Å². The van der Waals surface area contributed by atoms with Crippen molar-refractivity contribution in [1.82, 2.24) is 20.4 Å². The summed E-state index contributed by atoms with van der Waals surface area (Å²) in [5.74, 6) is -0.287. The predicted molar refractivity (Wildman–Crippen MR) is 91.3 cm³/mol. The number of benzene rings is 1. The first kappa shape index (κ1) is 21.0. The quantitative estimate of drug-likeness (QED) is 0.814. The van der Waals surface area contributed by atoms with E-state index in [2.05, 4.69) is 15.7 Å². The van der Waals surface area contributed by atoms with Gasteiger partial charge in [0.05, 0.1) is 5.69 Å². The molecule has 0 radical (unpaired) electrons. The topological polar surface area (TPSA) is 58.9 Å². The number of likely N-dealkylation sites (N-methyl/N-ethyl adjacent to an activating group) is 1. The lowest BCUT2D eigenvalue weighted by atomic mass is 10.2. The van der Waals surface area contributed by atoms with Crippen molar-refractivity contribution in [3.63, 3.8) is 0 Å². The highest BCUT2D eigenvalue weighted by atomic mass is 35.5. The summed E-state index contributed by atoms with van der Waals surface area (Å²) in [4.78, 5) is 12.2. The summed E-state index contributed by atoms with van der Waals surface area (Å²) in [5.41, 5.74) is -0.227. The Morgan fingerprint density at radius 1 is 1.32 bits per heavy atom. The molecule has 5 nitrogen and oxygen atoms in total. The Hall–Kier alpha value is -2.06. The zero-order chi connectivity index (χ0) is 17.7. The number of rotatable bonds is 6. The molecule has 25 heavy (non-hydrogen) atoms. The monoisotopic (exact) mass is 376 g/mol. The number of halogens is 4. The second-order valence-corrected chi connectivity index (χ2v) is 5.36. The highest BCUT2D eigenvalue weighted by Gasteiger charge is 2.33. The van der Waals surface area contributed by atoms with Crippen LogP contribution in [0.5, 0.6) is 0 Å². The number of nitrogens with one attached hydrogen (secondary N) is 2. The molecule has 138 valence electrons. The minimum Gasteiger partial charge on any atom is -0.350 e. The Morgan fingerprint density at radius 2 is 2.04 bits per heavy atom. The van der Waals surface area contributed by atoms with Gasteiger partial charge in [-0.05, 0) is 37.7 Å². The van der Waals surface area contributed by atoms with Crippen LogP contribution in [-0.2, 0) is 6.18 Å². The molecule has 0 saturated heterocycles. The second kappa shape index (κ2) is 8.87. The Kier molecular flexibility index (Phi) is 7.44. The molecule has 0 aliphatic rings. The van der Waals surface area contributed by atoms with Gasteiger partial charge in [-0.25, -0.2) is 4.68 Å². The molecule has 1 atom stereocenters. The van der Waals surface area contributed by atoms with Gasteiger partial charge >= 0.3 is 6.18 Å². The lowest BCUT2D eigenvalue weighted by molar-refractivity contribution is -0.141. The summed E-state index contributed by atoms with van der Waals surface area (Å²) >= 11 is 0. The van der Waals surface area contributed by atoms with Crippen LogP contribution in [0.3, 0.4) is 0 Å². The number of amides is 1. The van der Waals surface area contributed by atoms with Crippen LogP contribution >= 0.6 is 12.4 Å². The fraction of sp³-hybridized carbons (Fsp3) is 0.375. The summed E-state index contributed by atoms with van der Waals surface area (Å²) in [7, 11) is 0. The minimum atomic E-state index is -4.50. The van der Waals surface area contributed by atoms with E-state index in [9.17, 15) is 18.0 Å². The molecule has 1 aromatic carbocycles. The van der Waals surface area contributed by atoms with Gasteiger partial charge in [0.25, 0.3) is 5.91 Å². The van der Waals surface area contributed by atoms with Gasteiger partial charge in [-0.1, -0.05) is 13.0 Å². The van der Waals surface area contributed by atoms with Crippen LogP contribution in [0.1, 0.15) is 29.9 Å². The molecule has 0 unspecified atom stereocenters. The van der Waals surface area contributed by atoms with Crippen LogP contribution in [0.25, 0.3) is 5.69 Å². The van der Waals surface area contributed by atoms with Crippen molar-refractivity contribution in [2.45, 2.75) is 26.1 Å². The highest BCUT2D eigenvalue weighted by molar-refractivity contribution is 5.94. The van der Waals surface area contributed by atoms with E-state index in [0.29, 0.717) is 17.8 Å². The van der Waals surface area contributed by atoms with Gasteiger partial charge in [-0.2, -0.15) is 18.3 Å². The highest BCUT2D eigenvalue weighted by Crippen LogP contribution is 2.27. The van der Waals surface area contributed by atoms with Crippen LogP contribution in [0.4, 0.5) is 13.2 Å². The lowest BCUT2D eigenvalue weighted by Crippen LogP contribution is -2.38. The summed E-state index contributed by atoms with van der Waals surface area (Å²) in [6.07, 6.45) is -3.28. The van der Waals surface area contributed by atoms with E-state index in [-0.39, 0.29) is 24.4 Å². The fourth-order valence-electron chi connectivity index (χ4n) is 2.18. The molecule has 0 saturated carbocycles. The third-order valence-corrected chi connectivity index (χ3v) is 3.37. The van der Waals surface area contributed by atoms with Gasteiger partial charge in [-0.15, -0.1) is 12.4 Å². The van der Waals surface area contributed by atoms with Crippen molar-refractivity contribution in [2.75, 3.05) is 13.1 Å². The maximum absolute atomic E-state index is 12.6. The fourth-order valence-corrected chi connectivity index (χ4v) is 2.18. The van der Waals surface area contributed by atoms with Gasteiger partial charge in [0.15, 0.2) is 5.69 Å². The maximum Gasteiger partial charge on any atom is 0.435 e. The van der Waals surface area contributed by atoms with Crippen LogP contribution in [0.2, 0.25) is 0 Å². The van der Waals surface area contributed by atoms with Gasteiger partial charge in [0.1, 0.15) is 0 Å². The van der Waals surface area contributed by atoms with Crippen molar-refractivity contribution in [3.8, 4) is 5.69 Å². The molecular formula is C16H20ClF3N4O. The molecule has 2 aromatic rings.